The quantitative estimate of drug-likeness (QED) is 0.708. The molecule has 1 aromatic carbocycles. The summed E-state index contributed by atoms with van der Waals surface area (Å²) in [6.07, 6.45) is 5.15. The van der Waals surface area contributed by atoms with Crippen molar-refractivity contribution >= 4 is 0 Å². The second-order valence-electron chi connectivity index (χ2n) is 6.35. The maximum atomic E-state index is 13.8. The van der Waals surface area contributed by atoms with Gasteiger partial charge in [-0.05, 0) is 50.4 Å². The molecule has 1 aromatic rings. The molecule has 2 fully saturated rings. The highest BCUT2D eigenvalue weighted by Crippen LogP contribution is 2.24. The molecule has 3 nitrogen and oxygen atoms in total. The van der Waals surface area contributed by atoms with Crippen molar-refractivity contribution in [2.75, 3.05) is 20.2 Å². The molecule has 2 aliphatic carbocycles. The molecule has 0 aromatic heterocycles. The van der Waals surface area contributed by atoms with Crippen LogP contribution in [-0.4, -0.2) is 37.2 Å². The summed E-state index contributed by atoms with van der Waals surface area (Å²) in [4.78, 5) is 2.33. The number of nitrogens with one attached hydrogen (secondary N) is 1. The molecule has 0 amide bonds. The second-order valence-corrected chi connectivity index (χ2v) is 6.35. The number of ether oxygens (including phenoxy) is 1. The van der Waals surface area contributed by atoms with Crippen molar-refractivity contribution in [3.05, 3.63) is 35.1 Å². The van der Waals surface area contributed by atoms with Crippen LogP contribution in [0.2, 0.25) is 0 Å². The van der Waals surface area contributed by atoms with Crippen molar-refractivity contribution in [3.63, 3.8) is 0 Å². The predicted octanol–water partition coefficient (Wildman–Crippen LogP) is 2.69. The van der Waals surface area contributed by atoms with E-state index >= 15 is 0 Å². The van der Waals surface area contributed by atoms with Crippen LogP contribution in [-0.2, 0) is 17.9 Å². The monoisotopic (exact) mass is 292 g/mol. The van der Waals surface area contributed by atoms with E-state index < -0.39 is 0 Å². The zero-order chi connectivity index (χ0) is 14.7. The van der Waals surface area contributed by atoms with Crippen LogP contribution in [0.1, 0.15) is 36.8 Å². The van der Waals surface area contributed by atoms with Crippen LogP contribution in [0.25, 0.3) is 0 Å². The molecule has 2 saturated carbocycles. The molecule has 116 valence electrons. The van der Waals surface area contributed by atoms with Gasteiger partial charge in [-0.1, -0.05) is 6.07 Å². The molecule has 0 spiro atoms. The fraction of sp³-hybridized carbons (Fsp3) is 0.647. The number of halogens is 1. The van der Waals surface area contributed by atoms with Gasteiger partial charge < -0.3 is 15.0 Å². The molecule has 21 heavy (non-hydrogen) atoms. The average Bonchev–Trinajstić information content (AvgIpc) is 3.37. The van der Waals surface area contributed by atoms with Gasteiger partial charge in [0.1, 0.15) is 5.82 Å². The first-order valence-electron chi connectivity index (χ1n) is 8.01. The number of hydrogen-bond donors (Lipinski definition) is 1. The summed E-state index contributed by atoms with van der Waals surface area (Å²) < 4.78 is 19.4. The van der Waals surface area contributed by atoms with Crippen molar-refractivity contribution in [2.24, 2.45) is 0 Å². The van der Waals surface area contributed by atoms with E-state index in [4.69, 9.17) is 4.74 Å². The lowest BCUT2D eigenvalue weighted by Gasteiger charge is -2.15. The Morgan fingerprint density at radius 3 is 2.81 bits per heavy atom. The van der Waals surface area contributed by atoms with Crippen LogP contribution in [0.3, 0.4) is 0 Å². The Hall–Kier alpha value is -0.970. The van der Waals surface area contributed by atoms with E-state index in [2.05, 4.69) is 17.3 Å². The highest BCUT2D eigenvalue weighted by atomic mass is 19.1. The SMILES string of the molecule is CN(CCOCc1cc(CNC2CC2)ccc1F)C1CC1. The highest BCUT2D eigenvalue weighted by molar-refractivity contribution is 5.24. The lowest BCUT2D eigenvalue weighted by Crippen LogP contribution is -2.25. The lowest BCUT2D eigenvalue weighted by molar-refractivity contribution is 0.0959. The van der Waals surface area contributed by atoms with Gasteiger partial charge in [-0.3, -0.25) is 0 Å². The van der Waals surface area contributed by atoms with Crippen LogP contribution >= 0.6 is 0 Å². The Balaban J connectivity index is 1.42. The zero-order valence-corrected chi connectivity index (χ0v) is 12.8. The first-order valence-corrected chi connectivity index (χ1v) is 8.01. The first-order chi connectivity index (χ1) is 10.2. The van der Waals surface area contributed by atoms with Gasteiger partial charge in [0.2, 0.25) is 0 Å². The van der Waals surface area contributed by atoms with Crippen molar-refractivity contribution in [2.45, 2.75) is 50.9 Å². The maximum absolute atomic E-state index is 13.8. The van der Waals surface area contributed by atoms with Crippen LogP contribution in [0, 0.1) is 5.82 Å². The Kier molecular flexibility index (Phi) is 4.88. The standard InChI is InChI=1S/C17H25FN2O/c1-20(16-5-6-16)8-9-21-12-14-10-13(2-7-17(14)18)11-19-15-3-4-15/h2,7,10,15-16,19H,3-6,8-9,11-12H2,1H3. The van der Waals surface area contributed by atoms with E-state index in [1.165, 1.54) is 25.7 Å². The normalized spacial score (nSPS) is 18.4. The largest absolute Gasteiger partial charge is 0.375 e. The Morgan fingerprint density at radius 2 is 2.10 bits per heavy atom. The molecule has 0 radical (unpaired) electrons. The fourth-order valence-electron chi connectivity index (χ4n) is 2.49. The molecule has 0 bridgehead atoms. The molecule has 4 heteroatoms. The third kappa shape index (κ3) is 4.77. The zero-order valence-electron chi connectivity index (χ0n) is 12.8. The highest BCUT2D eigenvalue weighted by Gasteiger charge is 2.25. The molecule has 0 heterocycles. The van der Waals surface area contributed by atoms with Crippen LogP contribution in [0.15, 0.2) is 18.2 Å². The van der Waals surface area contributed by atoms with Crippen molar-refractivity contribution in [1.29, 1.82) is 0 Å². The Labute approximate surface area is 126 Å². The van der Waals surface area contributed by atoms with Gasteiger partial charge in [0, 0.05) is 30.7 Å². The van der Waals surface area contributed by atoms with Gasteiger partial charge in [0.15, 0.2) is 0 Å². The van der Waals surface area contributed by atoms with Gasteiger partial charge in [0.05, 0.1) is 13.2 Å². The summed E-state index contributed by atoms with van der Waals surface area (Å²) in [6, 6.07) is 6.76. The number of rotatable bonds is 9. The van der Waals surface area contributed by atoms with Crippen molar-refractivity contribution < 1.29 is 9.13 Å². The van der Waals surface area contributed by atoms with Crippen molar-refractivity contribution in [3.8, 4) is 0 Å². The second kappa shape index (κ2) is 6.86. The third-order valence-electron chi connectivity index (χ3n) is 4.30. The van der Waals surface area contributed by atoms with E-state index in [0.29, 0.717) is 24.8 Å². The molecule has 0 saturated heterocycles. The number of benzene rings is 1. The summed E-state index contributed by atoms with van der Waals surface area (Å²) in [5, 5.41) is 3.45. The summed E-state index contributed by atoms with van der Waals surface area (Å²) in [6.45, 7) is 2.77. The minimum Gasteiger partial charge on any atom is -0.375 e. The van der Waals surface area contributed by atoms with Crippen molar-refractivity contribution in [1.82, 2.24) is 10.2 Å². The first kappa shape index (κ1) is 14.9. The van der Waals surface area contributed by atoms with Gasteiger partial charge in [-0.25, -0.2) is 4.39 Å². The number of hydrogen-bond acceptors (Lipinski definition) is 3. The molecular formula is C17H25FN2O. The van der Waals surface area contributed by atoms with Crippen LogP contribution in [0.4, 0.5) is 4.39 Å². The van der Waals surface area contributed by atoms with Crippen LogP contribution < -0.4 is 5.32 Å². The average molecular weight is 292 g/mol. The third-order valence-corrected chi connectivity index (χ3v) is 4.30. The van der Waals surface area contributed by atoms with Gasteiger partial charge in [-0.15, -0.1) is 0 Å². The maximum Gasteiger partial charge on any atom is 0.128 e. The van der Waals surface area contributed by atoms with E-state index in [9.17, 15) is 4.39 Å². The lowest BCUT2D eigenvalue weighted by atomic mass is 10.1. The summed E-state index contributed by atoms with van der Waals surface area (Å²) in [5.41, 5.74) is 1.80. The van der Waals surface area contributed by atoms with Gasteiger partial charge in [0.25, 0.3) is 0 Å². The van der Waals surface area contributed by atoms with Crippen LogP contribution in [0.5, 0.6) is 0 Å². The van der Waals surface area contributed by atoms with E-state index in [1.807, 2.05) is 12.1 Å². The van der Waals surface area contributed by atoms with E-state index in [1.54, 1.807) is 6.07 Å². The van der Waals surface area contributed by atoms with E-state index in [-0.39, 0.29) is 5.82 Å². The smallest absolute Gasteiger partial charge is 0.128 e. The molecule has 1 N–H and O–H groups in total. The Morgan fingerprint density at radius 1 is 1.29 bits per heavy atom. The summed E-state index contributed by atoms with van der Waals surface area (Å²) >= 11 is 0. The molecule has 0 aliphatic heterocycles. The topological polar surface area (TPSA) is 24.5 Å². The number of likely N-dealkylation sites (N-methyl/N-ethyl adjacent to an activating group) is 1. The van der Waals surface area contributed by atoms with Gasteiger partial charge in [-0.2, -0.15) is 0 Å². The molecule has 3 rings (SSSR count). The Bertz CT molecular complexity index is 472. The molecule has 2 aliphatic rings. The summed E-state index contributed by atoms with van der Waals surface area (Å²) in [7, 11) is 2.13. The molecule has 0 unspecified atom stereocenters. The fourth-order valence-corrected chi connectivity index (χ4v) is 2.49. The van der Waals surface area contributed by atoms with E-state index in [0.717, 1.165) is 24.7 Å². The minimum absolute atomic E-state index is 0.166. The molecule has 0 atom stereocenters. The molecular weight excluding hydrogens is 267 g/mol. The minimum atomic E-state index is -0.166. The number of nitrogens with zero attached hydrogens (tertiary/aromatic N) is 1. The summed E-state index contributed by atoms with van der Waals surface area (Å²) in [5.74, 6) is -0.166. The van der Waals surface area contributed by atoms with Gasteiger partial charge >= 0.3 is 0 Å². The predicted molar refractivity (Wildman–Crippen MR) is 81.6 cm³/mol.